The number of halogens is 2. The maximum absolute atomic E-state index is 13.2. The van der Waals surface area contributed by atoms with Crippen molar-refractivity contribution in [1.29, 1.82) is 0 Å². The van der Waals surface area contributed by atoms with Crippen LogP contribution in [0.25, 0.3) is 0 Å². The zero-order chi connectivity index (χ0) is 14.4. The molecule has 1 aromatic carbocycles. The lowest BCUT2D eigenvalue weighted by molar-refractivity contribution is 0.139. The van der Waals surface area contributed by atoms with E-state index >= 15 is 0 Å². The summed E-state index contributed by atoms with van der Waals surface area (Å²) in [6.45, 7) is 0.298. The van der Waals surface area contributed by atoms with Gasteiger partial charge in [0.1, 0.15) is 6.61 Å². The first-order valence-corrected chi connectivity index (χ1v) is 6.70. The smallest absolute Gasteiger partial charge is 0.407 e. The van der Waals surface area contributed by atoms with Crippen molar-refractivity contribution in [1.82, 2.24) is 10.3 Å². The van der Waals surface area contributed by atoms with Crippen molar-refractivity contribution in [2.24, 2.45) is 0 Å². The summed E-state index contributed by atoms with van der Waals surface area (Å²) in [7, 11) is 0. The van der Waals surface area contributed by atoms with E-state index in [-0.39, 0.29) is 17.6 Å². The highest BCUT2D eigenvalue weighted by molar-refractivity contribution is 9.10. The summed E-state index contributed by atoms with van der Waals surface area (Å²) in [6.07, 6.45) is -0.570. The second-order valence-electron chi connectivity index (χ2n) is 3.99. The van der Waals surface area contributed by atoms with Gasteiger partial charge in [-0.05, 0) is 33.6 Å². The molecule has 1 aromatic heterocycles. The van der Waals surface area contributed by atoms with Gasteiger partial charge in [-0.2, -0.15) is 4.39 Å². The molecular weight excluding hydrogens is 327 g/mol. The number of benzene rings is 1. The zero-order valence-corrected chi connectivity index (χ0v) is 12.1. The topological polar surface area (TPSA) is 51.2 Å². The van der Waals surface area contributed by atoms with E-state index in [0.29, 0.717) is 5.69 Å². The van der Waals surface area contributed by atoms with E-state index in [1.165, 1.54) is 6.07 Å². The molecule has 2 aromatic rings. The molecule has 4 nitrogen and oxygen atoms in total. The fraction of sp³-hybridized carbons (Fsp3) is 0.143. The molecule has 1 amide bonds. The fourth-order valence-electron chi connectivity index (χ4n) is 1.49. The summed E-state index contributed by atoms with van der Waals surface area (Å²) in [5.74, 6) is -0.609. The number of hydrogen-bond donors (Lipinski definition) is 1. The number of hydrogen-bond acceptors (Lipinski definition) is 3. The van der Waals surface area contributed by atoms with Crippen LogP contribution in [0.1, 0.15) is 11.3 Å². The minimum atomic E-state index is -0.609. The molecule has 6 heteroatoms. The molecule has 1 heterocycles. The molecule has 0 aliphatic heterocycles. The number of carbonyl (C=O) groups is 1. The molecule has 0 saturated heterocycles. The maximum atomic E-state index is 13.2. The molecule has 0 radical (unpaired) electrons. The van der Waals surface area contributed by atoms with E-state index in [1.54, 1.807) is 6.07 Å². The molecule has 0 aliphatic carbocycles. The third kappa shape index (κ3) is 4.31. The van der Waals surface area contributed by atoms with Gasteiger partial charge in [-0.3, -0.25) is 0 Å². The van der Waals surface area contributed by atoms with E-state index < -0.39 is 12.0 Å². The number of aromatic nitrogens is 1. The van der Waals surface area contributed by atoms with Crippen molar-refractivity contribution in [3.8, 4) is 0 Å². The standard InChI is InChI=1S/C14H12BrFN2O2/c15-12-7-6-11(18-13(12)16)8-17-14(19)20-9-10-4-2-1-3-5-10/h1-7H,8-9H2,(H,17,19). The summed E-state index contributed by atoms with van der Waals surface area (Å²) < 4.78 is 18.5. The number of amides is 1. The second-order valence-corrected chi connectivity index (χ2v) is 4.84. The lowest BCUT2D eigenvalue weighted by Crippen LogP contribution is -2.24. The Morgan fingerprint density at radius 3 is 2.70 bits per heavy atom. The van der Waals surface area contributed by atoms with Crippen molar-refractivity contribution in [2.75, 3.05) is 0 Å². The molecule has 0 aliphatic rings. The lowest BCUT2D eigenvalue weighted by Gasteiger charge is -2.07. The highest BCUT2D eigenvalue weighted by Crippen LogP contribution is 2.12. The van der Waals surface area contributed by atoms with E-state index in [4.69, 9.17) is 4.74 Å². The highest BCUT2D eigenvalue weighted by Gasteiger charge is 2.06. The maximum Gasteiger partial charge on any atom is 0.407 e. The Kier molecular flexibility index (Phi) is 5.06. The average Bonchev–Trinajstić information content (AvgIpc) is 2.47. The number of ether oxygens (including phenoxy) is 1. The Morgan fingerprint density at radius 1 is 1.25 bits per heavy atom. The van der Waals surface area contributed by atoms with Crippen LogP contribution in [-0.2, 0) is 17.9 Å². The molecule has 0 fully saturated rings. The molecule has 104 valence electrons. The van der Waals surface area contributed by atoms with Crippen LogP contribution in [0, 0.1) is 5.95 Å². The van der Waals surface area contributed by atoms with Gasteiger partial charge in [0.2, 0.25) is 5.95 Å². The molecule has 0 bridgehead atoms. The van der Waals surface area contributed by atoms with Crippen LogP contribution in [0.3, 0.4) is 0 Å². The Balaban J connectivity index is 1.79. The Bertz CT molecular complexity index is 593. The number of rotatable bonds is 4. The summed E-state index contributed by atoms with van der Waals surface area (Å²) in [6, 6.07) is 12.5. The van der Waals surface area contributed by atoms with Crippen molar-refractivity contribution in [3.05, 3.63) is 64.1 Å². The summed E-state index contributed by atoms with van der Waals surface area (Å²) >= 11 is 3.01. The Labute approximate surface area is 124 Å². The summed E-state index contributed by atoms with van der Waals surface area (Å²) in [4.78, 5) is 15.2. The first-order chi connectivity index (χ1) is 9.65. The molecular formula is C14H12BrFN2O2. The monoisotopic (exact) mass is 338 g/mol. The van der Waals surface area contributed by atoms with E-state index in [9.17, 15) is 9.18 Å². The van der Waals surface area contributed by atoms with Gasteiger partial charge < -0.3 is 10.1 Å². The van der Waals surface area contributed by atoms with Gasteiger partial charge >= 0.3 is 6.09 Å². The fourth-order valence-corrected chi connectivity index (χ4v) is 1.71. The van der Waals surface area contributed by atoms with Gasteiger partial charge in [0.15, 0.2) is 0 Å². The molecule has 1 N–H and O–H groups in total. The highest BCUT2D eigenvalue weighted by atomic mass is 79.9. The third-order valence-electron chi connectivity index (χ3n) is 2.49. The SMILES string of the molecule is O=C(NCc1ccc(Br)c(F)n1)OCc1ccccc1. The Hall–Kier alpha value is -1.95. The molecule has 0 unspecified atom stereocenters. The van der Waals surface area contributed by atoms with Crippen LogP contribution in [0.2, 0.25) is 0 Å². The minimum absolute atomic E-state index is 0.109. The molecule has 2 rings (SSSR count). The van der Waals surface area contributed by atoms with Crippen molar-refractivity contribution >= 4 is 22.0 Å². The van der Waals surface area contributed by atoms with Crippen molar-refractivity contribution in [2.45, 2.75) is 13.2 Å². The largest absolute Gasteiger partial charge is 0.445 e. The van der Waals surface area contributed by atoms with Gasteiger partial charge in [-0.1, -0.05) is 30.3 Å². The number of pyridine rings is 1. The summed E-state index contributed by atoms with van der Waals surface area (Å²) in [5.41, 5.74) is 1.32. The van der Waals surface area contributed by atoms with Crippen molar-refractivity contribution < 1.29 is 13.9 Å². The Morgan fingerprint density at radius 2 is 2.00 bits per heavy atom. The second kappa shape index (κ2) is 7.00. The zero-order valence-electron chi connectivity index (χ0n) is 10.5. The lowest BCUT2D eigenvalue weighted by atomic mass is 10.2. The van der Waals surface area contributed by atoms with E-state index in [1.807, 2.05) is 30.3 Å². The number of nitrogens with zero attached hydrogens (tertiary/aromatic N) is 1. The van der Waals surface area contributed by atoms with Gasteiger partial charge in [-0.15, -0.1) is 0 Å². The van der Waals surface area contributed by atoms with E-state index in [2.05, 4.69) is 26.2 Å². The summed E-state index contributed by atoms with van der Waals surface area (Å²) in [5, 5.41) is 2.51. The van der Waals surface area contributed by atoms with Crippen LogP contribution in [-0.4, -0.2) is 11.1 Å². The van der Waals surface area contributed by atoms with Crippen LogP contribution in [0.4, 0.5) is 9.18 Å². The third-order valence-corrected chi connectivity index (χ3v) is 3.08. The van der Waals surface area contributed by atoms with Crippen LogP contribution in [0.5, 0.6) is 0 Å². The molecule has 0 spiro atoms. The first kappa shape index (κ1) is 14.5. The van der Waals surface area contributed by atoms with E-state index in [0.717, 1.165) is 5.56 Å². The molecule has 0 atom stereocenters. The van der Waals surface area contributed by atoms with Crippen LogP contribution >= 0.6 is 15.9 Å². The van der Waals surface area contributed by atoms with Crippen LogP contribution in [0.15, 0.2) is 46.9 Å². The van der Waals surface area contributed by atoms with Crippen molar-refractivity contribution in [3.63, 3.8) is 0 Å². The normalized spacial score (nSPS) is 10.1. The van der Waals surface area contributed by atoms with Gasteiger partial charge in [0, 0.05) is 0 Å². The predicted molar refractivity (Wildman–Crippen MR) is 75.4 cm³/mol. The molecule has 0 saturated carbocycles. The average molecular weight is 339 g/mol. The predicted octanol–water partition coefficient (Wildman–Crippen LogP) is 3.41. The molecule has 20 heavy (non-hydrogen) atoms. The number of nitrogens with one attached hydrogen (secondary N) is 1. The van der Waals surface area contributed by atoms with Gasteiger partial charge in [-0.25, -0.2) is 9.78 Å². The van der Waals surface area contributed by atoms with Crippen LogP contribution < -0.4 is 5.32 Å². The minimum Gasteiger partial charge on any atom is -0.445 e. The number of carbonyl (C=O) groups excluding carboxylic acids is 1. The quantitative estimate of drug-likeness (QED) is 0.869. The first-order valence-electron chi connectivity index (χ1n) is 5.90. The van der Waals surface area contributed by atoms with Gasteiger partial charge in [0.05, 0.1) is 16.7 Å². The number of alkyl carbamates (subject to hydrolysis) is 1. The van der Waals surface area contributed by atoms with Gasteiger partial charge in [0.25, 0.3) is 0 Å².